The Labute approximate surface area is 151 Å². The van der Waals surface area contributed by atoms with Crippen LogP contribution >= 0.6 is 0 Å². The molecule has 0 radical (unpaired) electrons. The van der Waals surface area contributed by atoms with E-state index in [9.17, 15) is 4.79 Å². The molecule has 0 bridgehead atoms. The van der Waals surface area contributed by atoms with Crippen molar-refractivity contribution in [1.29, 1.82) is 0 Å². The third-order valence-electron chi connectivity index (χ3n) is 5.19. The van der Waals surface area contributed by atoms with Gasteiger partial charge in [-0.1, -0.05) is 6.08 Å². The summed E-state index contributed by atoms with van der Waals surface area (Å²) in [5.74, 6) is 2.13. The van der Waals surface area contributed by atoms with Gasteiger partial charge in [0.25, 0.3) is 5.91 Å². The summed E-state index contributed by atoms with van der Waals surface area (Å²) in [5.41, 5.74) is 4.38. The molecule has 2 aliphatic heterocycles. The minimum absolute atomic E-state index is 0.0547. The predicted molar refractivity (Wildman–Crippen MR) is 99.9 cm³/mol. The lowest BCUT2D eigenvalue weighted by atomic mass is 9.86. The second-order valence-electron chi connectivity index (χ2n) is 7.25. The van der Waals surface area contributed by atoms with E-state index in [0.717, 1.165) is 33.7 Å². The van der Waals surface area contributed by atoms with Crippen molar-refractivity contribution < 1.29 is 9.53 Å². The number of aromatic amines is 1. The molecule has 1 atom stereocenters. The summed E-state index contributed by atoms with van der Waals surface area (Å²) in [7, 11) is 1.77. The van der Waals surface area contributed by atoms with Gasteiger partial charge in [-0.25, -0.2) is 4.98 Å². The van der Waals surface area contributed by atoms with Crippen molar-refractivity contribution in [2.45, 2.75) is 19.8 Å². The first kappa shape index (κ1) is 15.4. The number of aliphatic imine (C=N–C) groups is 1. The largest absolute Gasteiger partial charge is 0.490 e. The molecule has 132 valence electrons. The number of benzene rings is 1. The van der Waals surface area contributed by atoms with Crippen LogP contribution < -0.4 is 4.74 Å². The third kappa shape index (κ3) is 2.36. The quantitative estimate of drug-likeness (QED) is 0.923. The molecular weight excluding hydrogens is 328 g/mol. The number of carbonyl (C=O) groups is 1. The van der Waals surface area contributed by atoms with Crippen LogP contribution in [0.15, 0.2) is 35.6 Å². The molecule has 1 aromatic heterocycles. The predicted octanol–water partition coefficient (Wildman–Crippen LogP) is 3.06. The topological polar surface area (TPSA) is 70.6 Å². The zero-order valence-electron chi connectivity index (χ0n) is 14.8. The Hall–Kier alpha value is -2.89. The Balaban J connectivity index is 1.66. The molecule has 0 spiro atoms. The van der Waals surface area contributed by atoms with Crippen LogP contribution in [0.3, 0.4) is 0 Å². The summed E-state index contributed by atoms with van der Waals surface area (Å²) < 4.78 is 6.26. The number of imidazole rings is 1. The second-order valence-corrected chi connectivity index (χ2v) is 7.25. The monoisotopic (exact) mass is 348 g/mol. The molecule has 3 aliphatic rings. The van der Waals surface area contributed by atoms with Gasteiger partial charge in [0.15, 0.2) is 5.75 Å². The van der Waals surface area contributed by atoms with E-state index in [1.165, 1.54) is 12.8 Å². The molecule has 1 saturated carbocycles. The fourth-order valence-electron chi connectivity index (χ4n) is 3.62. The smallest absolute Gasteiger partial charge is 0.272 e. The van der Waals surface area contributed by atoms with E-state index in [0.29, 0.717) is 18.2 Å². The van der Waals surface area contributed by atoms with Crippen molar-refractivity contribution in [3.63, 3.8) is 0 Å². The molecule has 1 aromatic carbocycles. The van der Waals surface area contributed by atoms with Gasteiger partial charge in [0.2, 0.25) is 0 Å². The minimum atomic E-state index is -0.125. The van der Waals surface area contributed by atoms with Crippen molar-refractivity contribution >= 4 is 28.2 Å². The number of H-pyrrole nitrogens is 1. The lowest BCUT2D eigenvalue weighted by Gasteiger charge is -2.27. The highest BCUT2D eigenvalue weighted by Gasteiger charge is 2.35. The van der Waals surface area contributed by atoms with E-state index >= 15 is 0 Å². The summed E-state index contributed by atoms with van der Waals surface area (Å²) in [5, 5.41) is 0. The first-order valence-electron chi connectivity index (χ1n) is 8.97. The van der Waals surface area contributed by atoms with Crippen molar-refractivity contribution in [3.05, 3.63) is 42.0 Å². The molecular formula is C20H20N4O2. The Morgan fingerprint density at radius 2 is 2.19 bits per heavy atom. The number of aryl methyl sites for hydroxylation is 1. The Kier molecular flexibility index (Phi) is 3.29. The molecule has 6 nitrogen and oxygen atoms in total. The highest BCUT2D eigenvalue weighted by Crippen LogP contribution is 2.41. The first-order valence-corrected chi connectivity index (χ1v) is 8.97. The fourth-order valence-corrected chi connectivity index (χ4v) is 3.62. The highest BCUT2D eigenvalue weighted by atomic mass is 16.5. The van der Waals surface area contributed by atoms with Gasteiger partial charge in [-0.05, 0) is 43.4 Å². The van der Waals surface area contributed by atoms with Crippen LogP contribution in [0, 0.1) is 18.8 Å². The van der Waals surface area contributed by atoms with Crippen LogP contribution in [0.2, 0.25) is 0 Å². The van der Waals surface area contributed by atoms with Crippen molar-refractivity contribution in [3.8, 4) is 5.75 Å². The van der Waals surface area contributed by atoms with Crippen LogP contribution in [0.5, 0.6) is 5.75 Å². The van der Waals surface area contributed by atoms with Gasteiger partial charge >= 0.3 is 0 Å². The lowest BCUT2D eigenvalue weighted by molar-refractivity contribution is -0.121. The van der Waals surface area contributed by atoms with E-state index in [-0.39, 0.29) is 11.8 Å². The minimum Gasteiger partial charge on any atom is -0.490 e. The average Bonchev–Trinajstić information content (AvgIpc) is 3.17. The molecule has 0 saturated heterocycles. The van der Waals surface area contributed by atoms with Crippen LogP contribution in [0.25, 0.3) is 16.6 Å². The first-order chi connectivity index (χ1) is 12.6. The normalized spacial score (nSPS) is 21.8. The van der Waals surface area contributed by atoms with E-state index in [2.05, 4.69) is 21.0 Å². The standard InChI is InChI=1S/C20H20N4O2/c1-11-22-16-6-5-14(19(18(16)23-11)26-10-12-3-4-12)15-9-24(2)20(25)17-13(15)7-8-21-17/h5-9,12-13H,3-4,10H2,1-2H3,(H,22,23). The molecule has 5 rings (SSSR count). The number of aromatic nitrogens is 2. The number of fused-ring (bicyclic) bond motifs is 2. The summed E-state index contributed by atoms with van der Waals surface area (Å²) in [6.45, 7) is 2.66. The Morgan fingerprint density at radius 1 is 1.35 bits per heavy atom. The summed E-state index contributed by atoms with van der Waals surface area (Å²) in [6, 6.07) is 4.09. The van der Waals surface area contributed by atoms with Gasteiger partial charge in [-0.15, -0.1) is 0 Å². The maximum atomic E-state index is 12.4. The maximum absolute atomic E-state index is 12.4. The zero-order valence-corrected chi connectivity index (χ0v) is 14.8. The number of nitrogens with zero attached hydrogens (tertiary/aromatic N) is 3. The van der Waals surface area contributed by atoms with Crippen molar-refractivity contribution in [2.24, 2.45) is 16.8 Å². The van der Waals surface area contributed by atoms with E-state index < -0.39 is 0 Å². The van der Waals surface area contributed by atoms with Gasteiger partial charge in [0, 0.05) is 25.0 Å². The van der Waals surface area contributed by atoms with Crippen LogP contribution in [0.4, 0.5) is 0 Å². The van der Waals surface area contributed by atoms with Crippen LogP contribution in [0.1, 0.15) is 24.2 Å². The number of hydrogen-bond donors (Lipinski definition) is 1. The number of hydrogen-bond acceptors (Lipinski definition) is 4. The molecule has 3 heterocycles. The number of allylic oxidation sites excluding steroid dienone is 2. The fraction of sp³-hybridized carbons (Fsp3) is 0.350. The number of amides is 1. The highest BCUT2D eigenvalue weighted by molar-refractivity contribution is 6.44. The molecule has 1 N–H and O–H groups in total. The van der Waals surface area contributed by atoms with Crippen LogP contribution in [-0.4, -0.2) is 40.1 Å². The maximum Gasteiger partial charge on any atom is 0.272 e. The van der Waals surface area contributed by atoms with Crippen molar-refractivity contribution in [1.82, 2.24) is 14.9 Å². The van der Waals surface area contributed by atoms with E-state index in [1.54, 1.807) is 18.1 Å². The zero-order chi connectivity index (χ0) is 17.8. The number of nitrogens with one attached hydrogen (secondary N) is 1. The van der Waals surface area contributed by atoms with E-state index in [4.69, 9.17) is 4.74 Å². The lowest BCUT2D eigenvalue weighted by Crippen LogP contribution is -2.37. The summed E-state index contributed by atoms with van der Waals surface area (Å²) in [4.78, 5) is 26.2. The van der Waals surface area contributed by atoms with E-state index in [1.807, 2.05) is 25.3 Å². The number of rotatable bonds is 4. The molecule has 1 fully saturated rings. The molecule has 1 aliphatic carbocycles. The van der Waals surface area contributed by atoms with Gasteiger partial charge in [-0.3, -0.25) is 9.79 Å². The molecule has 26 heavy (non-hydrogen) atoms. The van der Waals surface area contributed by atoms with Gasteiger partial charge in [0.05, 0.1) is 18.0 Å². The molecule has 1 amide bonds. The number of ether oxygens (including phenoxy) is 1. The van der Waals surface area contributed by atoms with Gasteiger partial charge in [0.1, 0.15) is 17.1 Å². The van der Waals surface area contributed by atoms with Gasteiger partial charge in [-0.2, -0.15) is 0 Å². The van der Waals surface area contributed by atoms with Gasteiger partial charge < -0.3 is 14.6 Å². The third-order valence-corrected chi connectivity index (χ3v) is 5.19. The average molecular weight is 348 g/mol. The van der Waals surface area contributed by atoms with Crippen LogP contribution in [-0.2, 0) is 4.79 Å². The molecule has 1 unspecified atom stereocenters. The molecule has 6 heteroatoms. The molecule has 2 aromatic rings. The number of carbonyl (C=O) groups excluding carboxylic acids is 1. The van der Waals surface area contributed by atoms with Crippen molar-refractivity contribution in [2.75, 3.05) is 13.7 Å². The SMILES string of the molecule is Cc1nc2c(OCC3CC3)c(C3=CN(C)C(=O)C4=NC=CC34)ccc2[nH]1. The summed E-state index contributed by atoms with van der Waals surface area (Å²) >= 11 is 0. The Bertz CT molecular complexity index is 1010. The second kappa shape index (κ2) is 5.56. The Morgan fingerprint density at radius 3 is 3.00 bits per heavy atom. The summed E-state index contributed by atoms with van der Waals surface area (Å²) in [6.07, 6.45) is 8.04.